The van der Waals surface area contributed by atoms with Gasteiger partial charge in [-0.3, -0.25) is 0 Å². The molecule has 144 valence electrons. The number of likely N-dealkylation sites (tertiary alicyclic amines) is 1. The van der Waals surface area contributed by atoms with Gasteiger partial charge in [-0.15, -0.1) is 0 Å². The molecule has 0 aromatic heterocycles. The van der Waals surface area contributed by atoms with E-state index < -0.39 is 0 Å². The van der Waals surface area contributed by atoms with Gasteiger partial charge in [0.25, 0.3) is 0 Å². The number of hydrogen-bond donors (Lipinski definition) is 1. The Kier molecular flexibility index (Phi) is 7.69. The number of carbonyl (C=O) groups is 1. The van der Waals surface area contributed by atoms with Gasteiger partial charge in [-0.1, -0.05) is 60.7 Å². The fourth-order valence-corrected chi connectivity index (χ4v) is 3.15. The third-order valence-corrected chi connectivity index (χ3v) is 4.71. The van der Waals surface area contributed by atoms with Crippen LogP contribution in [-0.4, -0.2) is 43.3 Å². The van der Waals surface area contributed by atoms with E-state index >= 15 is 0 Å². The average molecular weight is 368 g/mol. The molecule has 1 heterocycles. The number of nitrogens with zero attached hydrogens (tertiary/aromatic N) is 1. The maximum absolute atomic E-state index is 12.3. The maximum Gasteiger partial charge on any atom is 0.317 e. The molecule has 1 fully saturated rings. The van der Waals surface area contributed by atoms with Crippen molar-refractivity contribution in [3.05, 3.63) is 71.8 Å². The van der Waals surface area contributed by atoms with Crippen molar-refractivity contribution in [3.8, 4) is 0 Å². The summed E-state index contributed by atoms with van der Waals surface area (Å²) in [6.07, 6.45) is 1.96. The highest BCUT2D eigenvalue weighted by Gasteiger charge is 2.22. The Morgan fingerprint density at radius 3 is 2.22 bits per heavy atom. The van der Waals surface area contributed by atoms with Gasteiger partial charge in [0.1, 0.15) is 0 Å². The molecule has 0 unspecified atom stereocenters. The van der Waals surface area contributed by atoms with Crippen LogP contribution in [0.5, 0.6) is 0 Å². The number of urea groups is 1. The minimum atomic E-state index is 0.00324. The van der Waals surface area contributed by atoms with E-state index in [2.05, 4.69) is 17.4 Å². The van der Waals surface area contributed by atoms with E-state index in [1.807, 2.05) is 53.4 Å². The molecule has 2 amide bonds. The molecule has 27 heavy (non-hydrogen) atoms. The molecular formula is C22H28N2O3. The summed E-state index contributed by atoms with van der Waals surface area (Å²) in [5.41, 5.74) is 2.28. The smallest absolute Gasteiger partial charge is 0.317 e. The summed E-state index contributed by atoms with van der Waals surface area (Å²) in [5.74, 6) is 0. The third-order valence-electron chi connectivity index (χ3n) is 4.71. The molecule has 0 saturated carbocycles. The Hall–Kier alpha value is -2.37. The van der Waals surface area contributed by atoms with Gasteiger partial charge in [-0.25, -0.2) is 4.79 Å². The molecular weight excluding hydrogens is 340 g/mol. The maximum atomic E-state index is 12.3. The fraction of sp³-hybridized carbons (Fsp3) is 0.409. The molecule has 0 aliphatic carbocycles. The normalized spacial score (nSPS) is 14.9. The van der Waals surface area contributed by atoms with Crippen molar-refractivity contribution in [2.45, 2.75) is 32.1 Å². The number of ether oxygens (including phenoxy) is 2. The molecule has 1 N–H and O–H groups in total. The first-order valence-electron chi connectivity index (χ1n) is 9.61. The molecule has 1 aliphatic heterocycles. The molecule has 2 aromatic rings. The van der Waals surface area contributed by atoms with Crippen molar-refractivity contribution in [2.75, 3.05) is 26.3 Å². The summed E-state index contributed by atoms with van der Waals surface area (Å²) in [7, 11) is 0. The summed E-state index contributed by atoms with van der Waals surface area (Å²) >= 11 is 0. The van der Waals surface area contributed by atoms with Gasteiger partial charge in [0.15, 0.2) is 0 Å². The summed E-state index contributed by atoms with van der Waals surface area (Å²) in [5, 5.41) is 2.99. The van der Waals surface area contributed by atoms with E-state index in [1.54, 1.807) is 0 Å². The zero-order valence-electron chi connectivity index (χ0n) is 15.7. The number of piperidine rings is 1. The second-order valence-electron chi connectivity index (χ2n) is 6.74. The van der Waals surface area contributed by atoms with Crippen LogP contribution in [0.4, 0.5) is 4.79 Å². The topological polar surface area (TPSA) is 50.8 Å². The van der Waals surface area contributed by atoms with Gasteiger partial charge >= 0.3 is 6.03 Å². The second kappa shape index (κ2) is 10.7. The molecule has 2 aromatic carbocycles. The van der Waals surface area contributed by atoms with E-state index in [4.69, 9.17) is 9.47 Å². The number of hydrogen-bond acceptors (Lipinski definition) is 3. The Morgan fingerprint density at radius 1 is 0.926 bits per heavy atom. The summed E-state index contributed by atoms with van der Waals surface area (Å²) in [6, 6.07) is 20.1. The molecule has 0 radical (unpaired) electrons. The first-order valence-corrected chi connectivity index (χ1v) is 9.61. The highest BCUT2D eigenvalue weighted by Crippen LogP contribution is 2.14. The van der Waals surface area contributed by atoms with E-state index in [0.29, 0.717) is 26.4 Å². The zero-order chi connectivity index (χ0) is 18.7. The first-order chi connectivity index (χ1) is 13.3. The minimum Gasteiger partial charge on any atom is -0.376 e. The van der Waals surface area contributed by atoms with Crippen LogP contribution >= 0.6 is 0 Å². The predicted molar refractivity (Wildman–Crippen MR) is 105 cm³/mol. The number of amides is 2. The van der Waals surface area contributed by atoms with Crippen molar-refractivity contribution in [1.29, 1.82) is 0 Å². The molecule has 0 bridgehead atoms. The predicted octanol–water partition coefficient (Wildman–Crippen LogP) is 3.59. The lowest BCUT2D eigenvalue weighted by Crippen LogP contribution is -2.45. The highest BCUT2D eigenvalue weighted by molar-refractivity contribution is 5.74. The molecule has 5 heteroatoms. The molecule has 5 nitrogen and oxygen atoms in total. The first kappa shape index (κ1) is 19.4. The van der Waals surface area contributed by atoms with Crippen LogP contribution in [0.1, 0.15) is 24.0 Å². The fourth-order valence-electron chi connectivity index (χ4n) is 3.15. The Labute approximate surface area is 161 Å². The molecule has 1 saturated heterocycles. The number of rotatable bonds is 8. The summed E-state index contributed by atoms with van der Waals surface area (Å²) in [6.45, 7) is 3.83. The summed E-state index contributed by atoms with van der Waals surface area (Å²) < 4.78 is 11.5. The monoisotopic (exact) mass is 368 g/mol. The number of nitrogens with one attached hydrogen (secondary N) is 1. The minimum absolute atomic E-state index is 0.00324. The van der Waals surface area contributed by atoms with Gasteiger partial charge in [0.05, 0.1) is 25.9 Å². The molecule has 1 aliphatic rings. The van der Waals surface area contributed by atoms with Crippen LogP contribution in [0.3, 0.4) is 0 Å². The second-order valence-corrected chi connectivity index (χ2v) is 6.74. The largest absolute Gasteiger partial charge is 0.376 e. The van der Waals surface area contributed by atoms with Crippen LogP contribution in [0, 0.1) is 0 Å². The van der Waals surface area contributed by atoms with Gasteiger partial charge < -0.3 is 19.7 Å². The zero-order valence-corrected chi connectivity index (χ0v) is 15.7. The van der Waals surface area contributed by atoms with Gasteiger partial charge in [0.2, 0.25) is 0 Å². The number of benzene rings is 2. The molecule has 0 spiro atoms. The van der Waals surface area contributed by atoms with Crippen LogP contribution in [-0.2, 0) is 22.6 Å². The van der Waals surface area contributed by atoms with Crippen LogP contribution in [0.25, 0.3) is 0 Å². The van der Waals surface area contributed by atoms with E-state index in [0.717, 1.165) is 31.5 Å². The van der Waals surface area contributed by atoms with Gasteiger partial charge in [-0.05, 0) is 24.0 Å². The Morgan fingerprint density at radius 2 is 1.56 bits per heavy atom. The van der Waals surface area contributed by atoms with Crippen molar-refractivity contribution in [1.82, 2.24) is 10.2 Å². The van der Waals surface area contributed by atoms with Crippen LogP contribution in [0.2, 0.25) is 0 Å². The van der Waals surface area contributed by atoms with Crippen molar-refractivity contribution < 1.29 is 14.3 Å². The van der Waals surface area contributed by atoms with Crippen molar-refractivity contribution in [2.24, 2.45) is 0 Å². The Bertz CT molecular complexity index is 670. The van der Waals surface area contributed by atoms with E-state index in [1.165, 1.54) is 5.56 Å². The van der Waals surface area contributed by atoms with Gasteiger partial charge in [0, 0.05) is 19.6 Å². The van der Waals surface area contributed by atoms with E-state index in [-0.39, 0.29) is 12.1 Å². The van der Waals surface area contributed by atoms with Crippen molar-refractivity contribution in [3.63, 3.8) is 0 Å². The van der Waals surface area contributed by atoms with Gasteiger partial charge in [-0.2, -0.15) is 0 Å². The van der Waals surface area contributed by atoms with Crippen LogP contribution in [0.15, 0.2) is 60.7 Å². The Balaban J connectivity index is 1.26. The number of carbonyl (C=O) groups excluding carboxylic acids is 1. The summed E-state index contributed by atoms with van der Waals surface area (Å²) in [4.78, 5) is 14.1. The molecule has 3 rings (SSSR count). The lowest BCUT2D eigenvalue weighted by Gasteiger charge is -2.32. The van der Waals surface area contributed by atoms with E-state index in [9.17, 15) is 4.79 Å². The highest BCUT2D eigenvalue weighted by atomic mass is 16.5. The lowest BCUT2D eigenvalue weighted by molar-refractivity contribution is -0.0208. The van der Waals surface area contributed by atoms with Crippen molar-refractivity contribution >= 4 is 6.03 Å². The standard InChI is InChI=1S/C22H28N2O3/c25-22(23-17-19-7-3-1-4-8-19)24-13-11-21(12-14-24)27-16-15-26-18-20-9-5-2-6-10-20/h1-10,21H,11-18H2,(H,23,25). The van der Waals surface area contributed by atoms with Crippen LogP contribution < -0.4 is 5.32 Å². The third kappa shape index (κ3) is 6.70. The SMILES string of the molecule is O=C(NCc1ccccc1)N1CCC(OCCOCc2ccccc2)CC1. The quantitative estimate of drug-likeness (QED) is 0.725. The lowest BCUT2D eigenvalue weighted by atomic mass is 10.1. The molecule has 0 atom stereocenters. The average Bonchev–Trinajstić information content (AvgIpc) is 2.74.